The van der Waals surface area contributed by atoms with Gasteiger partial charge in [0.25, 0.3) is 0 Å². The fraction of sp³-hybridized carbons (Fsp3) is 0.615. The van der Waals surface area contributed by atoms with Crippen LogP contribution in [0.2, 0.25) is 0 Å². The van der Waals surface area contributed by atoms with Gasteiger partial charge in [0.2, 0.25) is 0 Å². The molecule has 2 aliphatic rings. The number of hydrogen-bond donors (Lipinski definition) is 0. The number of nitrogens with zero attached hydrogens (tertiary/aromatic N) is 2. The Morgan fingerprint density at radius 1 is 1.19 bits per heavy atom. The number of piperidine rings is 1. The molecule has 2 heterocycles. The largest absolute Gasteiger partial charge is 0.353 e. The molecule has 0 bridgehead atoms. The van der Waals surface area contributed by atoms with E-state index < -0.39 is 0 Å². The Kier molecular flexibility index (Phi) is 2.88. The van der Waals surface area contributed by atoms with Crippen molar-refractivity contribution in [1.82, 2.24) is 4.98 Å². The molecule has 2 nitrogen and oxygen atoms in total. The standard InChI is InChI=1S/C13H17BrN2/c14-12-7-2-8-13(15-12)16-9-3-5-10-4-1-6-11(10)16/h2,7-8,10-11H,1,3-6,9H2. The zero-order chi connectivity index (χ0) is 11.0. The van der Waals surface area contributed by atoms with Gasteiger partial charge in [0.15, 0.2) is 0 Å². The number of pyridine rings is 1. The normalized spacial score (nSPS) is 29.2. The molecule has 1 aliphatic carbocycles. The van der Waals surface area contributed by atoms with Crippen LogP contribution in [0, 0.1) is 5.92 Å². The fourth-order valence-corrected chi connectivity index (χ4v) is 3.63. The third kappa shape index (κ3) is 1.86. The summed E-state index contributed by atoms with van der Waals surface area (Å²) >= 11 is 3.46. The summed E-state index contributed by atoms with van der Waals surface area (Å²) in [6, 6.07) is 6.99. The van der Waals surface area contributed by atoms with E-state index in [0.717, 1.165) is 22.4 Å². The first-order valence-electron chi connectivity index (χ1n) is 6.24. The summed E-state index contributed by atoms with van der Waals surface area (Å²) < 4.78 is 0.949. The van der Waals surface area contributed by atoms with Gasteiger partial charge < -0.3 is 4.90 Å². The van der Waals surface area contributed by atoms with E-state index in [1.165, 1.54) is 38.6 Å². The van der Waals surface area contributed by atoms with Crippen LogP contribution >= 0.6 is 15.9 Å². The molecule has 1 saturated carbocycles. The molecule has 3 heteroatoms. The summed E-state index contributed by atoms with van der Waals surface area (Å²) in [6.07, 6.45) is 6.94. The molecule has 3 rings (SSSR count). The second-order valence-corrected chi connectivity index (χ2v) is 5.72. The molecule has 2 unspecified atom stereocenters. The van der Waals surface area contributed by atoms with Gasteiger partial charge in [-0.25, -0.2) is 4.98 Å². The van der Waals surface area contributed by atoms with Crippen LogP contribution in [-0.4, -0.2) is 17.6 Å². The summed E-state index contributed by atoms with van der Waals surface area (Å²) in [6.45, 7) is 1.19. The molecule has 2 atom stereocenters. The predicted octanol–water partition coefficient (Wildman–Crippen LogP) is 3.61. The minimum Gasteiger partial charge on any atom is -0.353 e. The third-order valence-electron chi connectivity index (χ3n) is 3.99. The van der Waals surface area contributed by atoms with Crippen LogP contribution in [-0.2, 0) is 0 Å². The quantitative estimate of drug-likeness (QED) is 0.731. The first-order valence-corrected chi connectivity index (χ1v) is 7.03. The molecule has 1 aromatic heterocycles. The molecule has 1 aromatic rings. The van der Waals surface area contributed by atoms with E-state index in [9.17, 15) is 0 Å². The van der Waals surface area contributed by atoms with Crippen molar-refractivity contribution >= 4 is 21.7 Å². The lowest BCUT2D eigenvalue weighted by molar-refractivity contribution is 0.360. The average molecular weight is 281 g/mol. The van der Waals surface area contributed by atoms with Gasteiger partial charge in [-0.1, -0.05) is 12.5 Å². The molecule has 2 fully saturated rings. The van der Waals surface area contributed by atoms with E-state index in [4.69, 9.17) is 0 Å². The van der Waals surface area contributed by atoms with Crippen molar-refractivity contribution in [2.24, 2.45) is 5.92 Å². The average Bonchev–Trinajstić information content (AvgIpc) is 2.76. The number of aromatic nitrogens is 1. The van der Waals surface area contributed by atoms with Gasteiger partial charge in [0, 0.05) is 12.6 Å². The Morgan fingerprint density at radius 3 is 2.94 bits per heavy atom. The highest BCUT2D eigenvalue weighted by molar-refractivity contribution is 9.10. The first-order chi connectivity index (χ1) is 7.84. The Hall–Kier alpha value is -0.570. The van der Waals surface area contributed by atoms with Gasteiger partial charge in [-0.2, -0.15) is 0 Å². The van der Waals surface area contributed by atoms with Crippen LogP contribution in [0.1, 0.15) is 32.1 Å². The highest BCUT2D eigenvalue weighted by Gasteiger charge is 2.35. The maximum absolute atomic E-state index is 4.60. The van der Waals surface area contributed by atoms with Crippen LogP contribution < -0.4 is 4.90 Å². The molecule has 16 heavy (non-hydrogen) atoms. The molecule has 0 aromatic carbocycles. The summed E-state index contributed by atoms with van der Waals surface area (Å²) in [7, 11) is 0. The topological polar surface area (TPSA) is 16.1 Å². The molecule has 0 N–H and O–H groups in total. The number of hydrogen-bond acceptors (Lipinski definition) is 2. The predicted molar refractivity (Wildman–Crippen MR) is 69.6 cm³/mol. The molecule has 0 spiro atoms. The number of fused-ring (bicyclic) bond motifs is 1. The lowest BCUT2D eigenvalue weighted by atomic mass is 9.92. The van der Waals surface area contributed by atoms with Crippen molar-refractivity contribution in [1.29, 1.82) is 0 Å². The Balaban J connectivity index is 1.88. The number of anilines is 1. The monoisotopic (exact) mass is 280 g/mol. The smallest absolute Gasteiger partial charge is 0.130 e. The second kappa shape index (κ2) is 4.36. The SMILES string of the molecule is Brc1cccc(N2CCCC3CCCC32)n1. The molecular formula is C13H17BrN2. The minimum absolute atomic E-state index is 0.760. The summed E-state index contributed by atoms with van der Waals surface area (Å²) in [5.41, 5.74) is 0. The van der Waals surface area contributed by atoms with Crippen LogP contribution in [0.5, 0.6) is 0 Å². The van der Waals surface area contributed by atoms with Crippen molar-refractivity contribution < 1.29 is 0 Å². The molecular weight excluding hydrogens is 264 g/mol. The Morgan fingerprint density at radius 2 is 2.06 bits per heavy atom. The first kappa shape index (κ1) is 10.6. The molecule has 0 amide bonds. The zero-order valence-corrected chi connectivity index (χ0v) is 11.0. The van der Waals surface area contributed by atoms with Gasteiger partial charge in [-0.05, 0) is 59.7 Å². The molecule has 1 saturated heterocycles. The van der Waals surface area contributed by atoms with Crippen LogP contribution in [0.3, 0.4) is 0 Å². The lowest BCUT2D eigenvalue weighted by Crippen LogP contribution is -2.43. The Bertz CT molecular complexity index is 380. The number of rotatable bonds is 1. The van der Waals surface area contributed by atoms with E-state index >= 15 is 0 Å². The molecule has 1 aliphatic heterocycles. The van der Waals surface area contributed by atoms with Crippen molar-refractivity contribution in [3.63, 3.8) is 0 Å². The van der Waals surface area contributed by atoms with Gasteiger partial charge in [-0.15, -0.1) is 0 Å². The maximum Gasteiger partial charge on any atom is 0.130 e. The van der Waals surface area contributed by atoms with Gasteiger partial charge in [0.05, 0.1) is 0 Å². The highest BCUT2D eigenvalue weighted by Crippen LogP contribution is 2.38. The van der Waals surface area contributed by atoms with Gasteiger partial charge >= 0.3 is 0 Å². The minimum atomic E-state index is 0.760. The molecule has 0 radical (unpaired) electrons. The third-order valence-corrected chi connectivity index (χ3v) is 4.43. The zero-order valence-electron chi connectivity index (χ0n) is 9.40. The maximum atomic E-state index is 4.60. The van der Waals surface area contributed by atoms with E-state index in [1.54, 1.807) is 0 Å². The molecule has 86 valence electrons. The summed E-state index contributed by atoms with van der Waals surface area (Å²) in [4.78, 5) is 7.13. The van der Waals surface area contributed by atoms with E-state index in [0.29, 0.717) is 0 Å². The lowest BCUT2D eigenvalue weighted by Gasteiger charge is -2.38. The summed E-state index contributed by atoms with van der Waals surface area (Å²) in [5.74, 6) is 2.08. The van der Waals surface area contributed by atoms with Crippen molar-refractivity contribution in [2.45, 2.75) is 38.1 Å². The van der Waals surface area contributed by atoms with Crippen molar-refractivity contribution in [3.8, 4) is 0 Å². The van der Waals surface area contributed by atoms with Crippen LogP contribution in [0.15, 0.2) is 22.8 Å². The second-order valence-electron chi connectivity index (χ2n) is 4.91. The Labute approximate surface area is 105 Å². The van der Waals surface area contributed by atoms with Gasteiger partial charge in [0.1, 0.15) is 10.4 Å². The fourth-order valence-electron chi connectivity index (χ4n) is 3.30. The van der Waals surface area contributed by atoms with Crippen LogP contribution in [0.4, 0.5) is 5.82 Å². The number of halogens is 1. The highest BCUT2D eigenvalue weighted by atomic mass is 79.9. The summed E-state index contributed by atoms with van der Waals surface area (Å²) in [5, 5.41) is 0. The van der Waals surface area contributed by atoms with E-state index in [2.05, 4.69) is 37.9 Å². The van der Waals surface area contributed by atoms with E-state index in [-0.39, 0.29) is 0 Å². The van der Waals surface area contributed by atoms with Gasteiger partial charge in [-0.3, -0.25) is 0 Å². The van der Waals surface area contributed by atoms with E-state index in [1.807, 2.05) is 6.07 Å². The van der Waals surface area contributed by atoms with Crippen molar-refractivity contribution in [2.75, 3.05) is 11.4 Å². The van der Waals surface area contributed by atoms with Crippen molar-refractivity contribution in [3.05, 3.63) is 22.8 Å². The van der Waals surface area contributed by atoms with Crippen LogP contribution in [0.25, 0.3) is 0 Å².